The Hall–Kier alpha value is -4.52. The Morgan fingerprint density at radius 2 is 1.66 bits per heavy atom. The van der Waals surface area contributed by atoms with Gasteiger partial charge in [0, 0.05) is 23.6 Å². The fraction of sp³-hybridized carbons (Fsp3) is 0.0400. The molecule has 1 N–H and O–H groups in total. The van der Waals surface area contributed by atoms with E-state index in [1.54, 1.807) is 61.8 Å². The minimum absolute atomic E-state index is 0.274. The average molecular weight is 422 g/mol. The summed E-state index contributed by atoms with van der Waals surface area (Å²) in [7, 11) is 0. The summed E-state index contributed by atoms with van der Waals surface area (Å²) in [5.74, 6) is 1.07. The Kier molecular flexibility index (Phi) is 5.05. The number of pyridine rings is 2. The standard InChI is InChI=1S/C25H18N4O3/c1-16-23-21(15-22(28-25(23)32-29-16)17-5-3-2-4-6-17)24(30)27-18-7-9-19(10-8-18)31-20-11-13-26-14-12-20/h2-15H,1H3,(H,27,30). The molecule has 0 bridgehead atoms. The predicted molar refractivity (Wildman–Crippen MR) is 121 cm³/mol. The van der Waals surface area contributed by atoms with E-state index in [9.17, 15) is 4.79 Å². The number of aromatic nitrogens is 3. The second-order valence-corrected chi connectivity index (χ2v) is 7.13. The Balaban J connectivity index is 1.43. The lowest BCUT2D eigenvalue weighted by Crippen LogP contribution is -2.13. The van der Waals surface area contributed by atoms with E-state index >= 15 is 0 Å². The number of anilines is 1. The van der Waals surface area contributed by atoms with Gasteiger partial charge in [-0.2, -0.15) is 0 Å². The Labute approximate surface area is 183 Å². The number of fused-ring (bicyclic) bond motifs is 1. The van der Waals surface area contributed by atoms with Gasteiger partial charge in [-0.15, -0.1) is 0 Å². The molecule has 2 aromatic carbocycles. The summed E-state index contributed by atoms with van der Waals surface area (Å²) < 4.78 is 11.1. The summed E-state index contributed by atoms with van der Waals surface area (Å²) in [5.41, 5.74) is 3.55. The van der Waals surface area contributed by atoms with E-state index < -0.39 is 0 Å². The van der Waals surface area contributed by atoms with Gasteiger partial charge in [-0.25, -0.2) is 4.98 Å². The van der Waals surface area contributed by atoms with Crippen molar-refractivity contribution in [2.24, 2.45) is 0 Å². The van der Waals surface area contributed by atoms with E-state index in [2.05, 4.69) is 20.4 Å². The van der Waals surface area contributed by atoms with Crippen molar-refractivity contribution >= 4 is 22.7 Å². The summed E-state index contributed by atoms with van der Waals surface area (Å²) >= 11 is 0. The first-order valence-electron chi connectivity index (χ1n) is 9.99. The highest BCUT2D eigenvalue weighted by atomic mass is 16.5. The molecule has 0 radical (unpaired) electrons. The van der Waals surface area contributed by atoms with Crippen molar-refractivity contribution in [3.05, 3.63) is 96.4 Å². The molecule has 0 fully saturated rings. The number of hydrogen-bond acceptors (Lipinski definition) is 6. The maximum atomic E-state index is 13.2. The number of benzene rings is 2. The van der Waals surface area contributed by atoms with Gasteiger partial charge in [0.25, 0.3) is 11.6 Å². The van der Waals surface area contributed by atoms with Crippen molar-refractivity contribution in [2.75, 3.05) is 5.32 Å². The average Bonchev–Trinajstić information content (AvgIpc) is 3.21. The number of carbonyl (C=O) groups is 1. The van der Waals surface area contributed by atoms with E-state index in [1.165, 1.54) is 0 Å². The van der Waals surface area contributed by atoms with Gasteiger partial charge in [-0.05, 0) is 49.4 Å². The first kappa shape index (κ1) is 19.4. The van der Waals surface area contributed by atoms with Crippen molar-refractivity contribution < 1.29 is 14.1 Å². The van der Waals surface area contributed by atoms with Crippen LogP contribution >= 0.6 is 0 Å². The monoisotopic (exact) mass is 422 g/mol. The lowest BCUT2D eigenvalue weighted by atomic mass is 10.0. The van der Waals surface area contributed by atoms with Crippen molar-refractivity contribution in [2.45, 2.75) is 6.92 Å². The molecule has 0 atom stereocenters. The molecule has 3 heterocycles. The Bertz CT molecular complexity index is 1380. The number of amides is 1. The third-order valence-corrected chi connectivity index (χ3v) is 4.93. The SMILES string of the molecule is Cc1noc2nc(-c3ccccc3)cc(C(=O)Nc3ccc(Oc4ccncc4)cc3)c12. The molecule has 0 aliphatic carbocycles. The van der Waals surface area contributed by atoms with Gasteiger partial charge in [0.15, 0.2) is 0 Å². The van der Waals surface area contributed by atoms with Crippen LogP contribution in [0, 0.1) is 6.92 Å². The van der Waals surface area contributed by atoms with Gasteiger partial charge in [-0.1, -0.05) is 35.5 Å². The highest BCUT2D eigenvalue weighted by Gasteiger charge is 2.19. The highest BCUT2D eigenvalue weighted by molar-refractivity contribution is 6.13. The van der Waals surface area contributed by atoms with Gasteiger partial charge in [0.05, 0.1) is 22.3 Å². The zero-order valence-electron chi connectivity index (χ0n) is 17.1. The first-order valence-corrected chi connectivity index (χ1v) is 9.99. The molecular weight excluding hydrogens is 404 g/mol. The number of hydrogen-bond donors (Lipinski definition) is 1. The van der Waals surface area contributed by atoms with Crippen LogP contribution in [0.15, 0.2) is 89.7 Å². The fourth-order valence-electron chi connectivity index (χ4n) is 3.38. The van der Waals surface area contributed by atoms with Crippen LogP contribution in [0.2, 0.25) is 0 Å². The largest absolute Gasteiger partial charge is 0.457 e. The van der Waals surface area contributed by atoms with Crippen molar-refractivity contribution in [3.63, 3.8) is 0 Å². The van der Waals surface area contributed by atoms with Gasteiger partial charge in [0.1, 0.15) is 11.5 Å². The van der Waals surface area contributed by atoms with Gasteiger partial charge >= 0.3 is 0 Å². The molecule has 156 valence electrons. The molecule has 7 nitrogen and oxygen atoms in total. The van der Waals surface area contributed by atoms with E-state index in [0.717, 1.165) is 5.56 Å². The predicted octanol–water partition coefficient (Wildman–Crippen LogP) is 5.64. The molecular formula is C25H18N4O3. The summed E-state index contributed by atoms with van der Waals surface area (Å²) in [6, 6.07) is 22.1. The minimum atomic E-state index is -0.274. The van der Waals surface area contributed by atoms with Crippen LogP contribution in [0.1, 0.15) is 16.1 Å². The molecule has 5 rings (SSSR count). The van der Waals surface area contributed by atoms with Gasteiger partial charge in [0.2, 0.25) is 0 Å². The molecule has 0 aliphatic heterocycles. The topological polar surface area (TPSA) is 90.1 Å². The molecule has 32 heavy (non-hydrogen) atoms. The van der Waals surface area contributed by atoms with Crippen molar-refractivity contribution in [3.8, 4) is 22.8 Å². The van der Waals surface area contributed by atoms with E-state index in [-0.39, 0.29) is 5.91 Å². The first-order chi connectivity index (χ1) is 15.7. The van der Waals surface area contributed by atoms with Crippen LogP contribution in [0.5, 0.6) is 11.5 Å². The number of rotatable bonds is 5. The van der Waals surface area contributed by atoms with Crippen LogP contribution in [-0.4, -0.2) is 21.0 Å². The Morgan fingerprint density at radius 1 is 0.938 bits per heavy atom. The van der Waals surface area contributed by atoms with Gasteiger partial charge < -0.3 is 14.6 Å². The second kappa shape index (κ2) is 8.31. The van der Waals surface area contributed by atoms with Crippen LogP contribution in [0.3, 0.4) is 0 Å². The van der Waals surface area contributed by atoms with Gasteiger partial charge in [-0.3, -0.25) is 9.78 Å². The summed E-state index contributed by atoms with van der Waals surface area (Å²) in [5, 5.41) is 7.53. The lowest BCUT2D eigenvalue weighted by molar-refractivity contribution is 0.102. The zero-order valence-corrected chi connectivity index (χ0v) is 17.1. The van der Waals surface area contributed by atoms with Crippen LogP contribution in [0.4, 0.5) is 5.69 Å². The third kappa shape index (κ3) is 3.91. The smallest absolute Gasteiger partial charge is 0.259 e. The summed E-state index contributed by atoms with van der Waals surface area (Å²) in [6.45, 7) is 1.79. The maximum absolute atomic E-state index is 13.2. The highest BCUT2D eigenvalue weighted by Crippen LogP contribution is 2.28. The summed E-state index contributed by atoms with van der Waals surface area (Å²) in [4.78, 5) is 21.7. The third-order valence-electron chi connectivity index (χ3n) is 4.93. The molecule has 0 saturated carbocycles. The molecule has 3 aromatic heterocycles. The Morgan fingerprint density at radius 3 is 2.41 bits per heavy atom. The molecule has 0 saturated heterocycles. The van der Waals surface area contributed by atoms with Crippen molar-refractivity contribution in [1.29, 1.82) is 0 Å². The van der Waals surface area contributed by atoms with E-state index in [1.807, 2.05) is 30.3 Å². The van der Waals surface area contributed by atoms with Crippen LogP contribution in [0.25, 0.3) is 22.4 Å². The quantitative estimate of drug-likeness (QED) is 0.394. The second-order valence-electron chi connectivity index (χ2n) is 7.13. The molecule has 7 heteroatoms. The van der Waals surface area contributed by atoms with Crippen LogP contribution < -0.4 is 10.1 Å². The van der Waals surface area contributed by atoms with Crippen molar-refractivity contribution in [1.82, 2.24) is 15.1 Å². The number of ether oxygens (including phenoxy) is 1. The van der Waals surface area contributed by atoms with Crippen LogP contribution in [-0.2, 0) is 0 Å². The molecule has 0 aliphatic rings. The summed E-state index contributed by atoms with van der Waals surface area (Å²) in [6.07, 6.45) is 3.32. The number of nitrogens with zero attached hydrogens (tertiary/aromatic N) is 3. The maximum Gasteiger partial charge on any atom is 0.259 e. The number of aryl methyl sites for hydroxylation is 1. The molecule has 0 spiro atoms. The normalized spacial score (nSPS) is 10.8. The van der Waals surface area contributed by atoms with E-state index in [4.69, 9.17) is 9.26 Å². The fourth-order valence-corrected chi connectivity index (χ4v) is 3.38. The zero-order chi connectivity index (χ0) is 21.9. The lowest BCUT2D eigenvalue weighted by Gasteiger charge is -2.10. The molecule has 1 amide bonds. The van der Waals surface area contributed by atoms with E-state index in [0.29, 0.717) is 45.2 Å². The molecule has 5 aromatic rings. The number of nitrogens with one attached hydrogen (secondary N) is 1. The molecule has 0 unspecified atom stereocenters. The number of carbonyl (C=O) groups excluding carboxylic acids is 1. The minimum Gasteiger partial charge on any atom is -0.457 e.